The van der Waals surface area contributed by atoms with Crippen LogP contribution in [0.1, 0.15) is 48.3 Å². The maximum atomic E-state index is 14.0. The highest BCUT2D eigenvalue weighted by molar-refractivity contribution is 6.33. The lowest BCUT2D eigenvalue weighted by Crippen LogP contribution is -2.18. The summed E-state index contributed by atoms with van der Waals surface area (Å²) in [6.45, 7) is 1.69. The third-order valence-corrected chi connectivity index (χ3v) is 6.12. The molecule has 8 nitrogen and oxygen atoms in total. The maximum absolute atomic E-state index is 14.0. The van der Waals surface area contributed by atoms with E-state index in [0.717, 1.165) is 4.57 Å². The summed E-state index contributed by atoms with van der Waals surface area (Å²) < 4.78 is 64.7. The smallest absolute Gasteiger partial charge is 0.452 e. The number of benzene rings is 2. The molecular weight excluding hydrogens is 526 g/mol. The van der Waals surface area contributed by atoms with Gasteiger partial charge in [-0.05, 0) is 31.2 Å². The van der Waals surface area contributed by atoms with Crippen molar-refractivity contribution in [3.63, 3.8) is 0 Å². The summed E-state index contributed by atoms with van der Waals surface area (Å²) in [5.74, 6) is -1.65. The molecule has 192 valence electrons. The van der Waals surface area contributed by atoms with E-state index < -0.39 is 36.6 Å². The summed E-state index contributed by atoms with van der Waals surface area (Å²) in [5, 5.41) is 7.47. The van der Waals surface area contributed by atoms with E-state index in [4.69, 9.17) is 42.1 Å². The number of rotatable bonds is 6. The Morgan fingerprint density at radius 1 is 1.11 bits per heavy atom. The second kappa shape index (κ2) is 10.2. The maximum Gasteiger partial charge on any atom is 0.452 e. The largest absolute Gasteiger partial charge is 0.493 e. The van der Waals surface area contributed by atoms with Gasteiger partial charge in [0.15, 0.2) is 17.3 Å². The minimum Gasteiger partial charge on any atom is -0.493 e. The van der Waals surface area contributed by atoms with Crippen molar-refractivity contribution in [1.82, 2.24) is 14.8 Å². The Hall–Kier alpha value is -3.02. The molecule has 36 heavy (non-hydrogen) atoms. The van der Waals surface area contributed by atoms with E-state index in [9.17, 15) is 18.0 Å². The van der Waals surface area contributed by atoms with Gasteiger partial charge in [-0.15, -0.1) is 10.2 Å². The van der Waals surface area contributed by atoms with Crippen LogP contribution in [0.25, 0.3) is 5.69 Å². The van der Waals surface area contributed by atoms with Gasteiger partial charge in [0.1, 0.15) is 12.2 Å². The molecule has 0 N–H and O–H groups in total. The van der Waals surface area contributed by atoms with E-state index in [1.165, 1.54) is 32.4 Å². The number of nitrogens with zero attached hydrogens (tertiary/aromatic N) is 3. The monoisotopic (exact) mass is 545 g/mol. The first-order valence-electron chi connectivity index (χ1n) is 10.6. The molecule has 0 saturated carbocycles. The molecule has 0 unspecified atom stereocenters. The average molecular weight is 546 g/mol. The number of hydrogen-bond donors (Lipinski definition) is 0. The zero-order valence-electron chi connectivity index (χ0n) is 19.2. The molecule has 1 aliphatic heterocycles. The summed E-state index contributed by atoms with van der Waals surface area (Å²) in [5.41, 5.74) is 0.655. The molecule has 0 radical (unpaired) electrons. The molecule has 4 rings (SSSR count). The van der Waals surface area contributed by atoms with Crippen molar-refractivity contribution in [3.05, 3.63) is 63.2 Å². The normalized spacial score (nSPS) is 17.1. The fraction of sp³-hybridized carbons (Fsp3) is 0.348. The van der Waals surface area contributed by atoms with Crippen molar-refractivity contribution in [2.24, 2.45) is 0 Å². The number of fused-ring (bicyclic) bond motifs is 3. The molecule has 0 spiro atoms. The van der Waals surface area contributed by atoms with Crippen LogP contribution in [0.4, 0.5) is 13.2 Å². The highest BCUT2D eigenvalue weighted by Crippen LogP contribution is 2.48. The second-order valence-electron chi connectivity index (χ2n) is 7.64. The number of aromatic nitrogens is 3. The fourth-order valence-electron chi connectivity index (χ4n) is 4.02. The standard InChI is InChI=1S/C23H20Cl2F3N3O5/c1-4-35-17(32)10-16-21-29-30-22(23(26,27)28)31(21)14-7-5-11(24)9-13(14)19(36-16)12-6-8-15(33-2)20(34-3)18(12)25/h5-9,16,19H,4,10H2,1-3H3/t16-,19-/m0/s1. The van der Waals surface area contributed by atoms with Crippen LogP contribution < -0.4 is 9.47 Å². The van der Waals surface area contributed by atoms with Gasteiger partial charge in [0, 0.05) is 16.1 Å². The summed E-state index contributed by atoms with van der Waals surface area (Å²) in [7, 11) is 2.83. The molecule has 0 aliphatic carbocycles. The molecule has 1 aromatic heterocycles. The van der Waals surface area contributed by atoms with Crippen LogP contribution in [0.15, 0.2) is 30.3 Å². The Kier molecular flexibility index (Phi) is 7.35. The van der Waals surface area contributed by atoms with Crippen molar-refractivity contribution in [3.8, 4) is 17.2 Å². The second-order valence-corrected chi connectivity index (χ2v) is 8.45. The number of hydrogen-bond acceptors (Lipinski definition) is 7. The van der Waals surface area contributed by atoms with E-state index in [1.807, 2.05) is 0 Å². The van der Waals surface area contributed by atoms with Crippen molar-refractivity contribution in [2.75, 3.05) is 20.8 Å². The quantitative estimate of drug-likeness (QED) is 0.366. The van der Waals surface area contributed by atoms with Crippen LogP contribution >= 0.6 is 23.2 Å². The molecule has 0 amide bonds. The van der Waals surface area contributed by atoms with Crippen LogP contribution in [-0.2, 0) is 20.4 Å². The molecular formula is C23H20Cl2F3N3O5. The van der Waals surface area contributed by atoms with Crippen molar-refractivity contribution >= 4 is 29.2 Å². The van der Waals surface area contributed by atoms with Gasteiger partial charge in [-0.1, -0.05) is 29.3 Å². The lowest BCUT2D eigenvalue weighted by molar-refractivity contribution is -0.147. The molecule has 0 saturated heterocycles. The summed E-state index contributed by atoms with van der Waals surface area (Å²) in [6, 6.07) is 7.48. The highest BCUT2D eigenvalue weighted by Gasteiger charge is 2.44. The number of ether oxygens (including phenoxy) is 4. The molecule has 0 bridgehead atoms. The lowest BCUT2D eigenvalue weighted by atomic mass is 9.98. The predicted molar refractivity (Wildman–Crippen MR) is 123 cm³/mol. The third-order valence-electron chi connectivity index (χ3n) is 5.50. The third kappa shape index (κ3) is 4.70. The van der Waals surface area contributed by atoms with Gasteiger partial charge < -0.3 is 18.9 Å². The molecule has 2 heterocycles. The molecule has 0 fully saturated rings. The van der Waals surface area contributed by atoms with Gasteiger partial charge in [0.25, 0.3) is 0 Å². The Labute approximate surface area is 213 Å². The number of esters is 1. The Bertz CT molecular complexity index is 1300. The number of carbonyl (C=O) groups is 1. The van der Waals surface area contributed by atoms with Gasteiger partial charge in [-0.2, -0.15) is 13.2 Å². The van der Waals surface area contributed by atoms with Crippen molar-refractivity contribution in [1.29, 1.82) is 0 Å². The van der Waals surface area contributed by atoms with Gasteiger partial charge in [-0.25, -0.2) is 0 Å². The van der Waals surface area contributed by atoms with Crippen LogP contribution in [0.2, 0.25) is 10.0 Å². The van der Waals surface area contributed by atoms with Crippen molar-refractivity contribution < 1.29 is 36.9 Å². The highest BCUT2D eigenvalue weighted by atomic mass is 35.5. The van der Waals surface area contributed by atoms with Gasteiger partial charge >= 0.3 is 12.1 Å². The molecule has 3 aromatic rings. The van der Waals surface area contributed by atoms with Gasteiger partial charge in [0.2, 0.25) is 5.82 Å². The van der Waals surface area contributed by atoms with Gasteiger partial charge in [0.05, 0.1) is 38.0 Å². The summed E-state index contributed by atoms with van der Waals surface area (Å²) in [4.78, 5) is 12.4. The molecule has 2 atom stereocenters. The zero-order chi connectivity index (χ0) is 26.2. The van der Waals surface area contributed by atoms with Gasteiger partial charge in [-0.3, -0.25) is 9.36 Å². The van der Waals surface area contributed by atoms with E-state index in [1.54, 1.807) is 19.1 Å². The number of halogens is 5. The van der Waals surface area contributed by atoms with Crippen LogP contribution in [0, 0.1) is 0 Å². The number of carbonyl (C=O) groups excluding carboxylic acids is 1. The zero-order valence-corrected chi connectivity index (χ0v) is 20.7. The average Bonchev–Trinajstić information content (AvgIpc) is 3.23. The van der Waals surface area contributed by atoms with Crippen LogP contribution in [0.5, 0.6) is 11.5 Å². The minimum atomic E-state index is -4.85. The minimum absolute atomic E-state index is 0.0638. The lowest BCUT2D eigenvalue weighted by Gasteiger charge is -2.24. The Morgan fingerprint density at radius 3 is 2.50 bits per heavy atom. The first kappa shape index (κ1) is 26.1. The van der Waals surface area contributed by atoms with E-state index in [-0.39, 0.29) is 39.5 Å². The van der Waals surface area contributed by atoms with Crippen LogP contribution in [0.3, 0.4) is 0 Å². The molecule has 13 heteroatoms. The summed E-state index contributed by atoms with van der Waals surface area (Å²) >= 11 is 12.9. The summed E-state index contributed by atoms with van der Waals surface area (Å²) in [6.07, 6.45) is -7.62. The predicted octanol–water partition coefficient (Wildman–Crippen LogP) is 5.72. The van der Waals surface area contributed by atoms with E-state index in [0.29, 0.717) is 11.3 Å². The SMILES string of the molecule is CCOC(=O)C[C@@H]1O[C@@H](c2ccc(OC)c(OC)c2Cl)c2cc(Cl)ccc2-n2c1nnc2C(F)(F)F. The van der Waals surface area contributed by atoms with E-state index >= 15 is 0 Å². The topological polar surface area (TPSA) is 84.7 Å². The molecule has 2 aromatic carbocycles. The fourth-order valence-corrected chi connectivity index (χ4v) is 4.53. The number of alkyl halides is 3. The number of methoxy groups -OCH3 is 2. The van der Waals surface area contributed by atoms with E-state index in [2.05, 4.69) is 10.2 Å². The Morgan fingerprint density at radius 2 is 1.86 bits per heavy atom. The Balaban J connectivity index is 1.99. The first-order valence-corrected chi connectivity index (χ1v) is 11.4. The molecule has 1 aliphatic rings. The first-order chi connectivity index (χ1) is 17.1. The van der Waals surface area contributed by atoms with Crippen molar-refractivity contribution in [2.45, 2.75) is 31.7 Å². The van der Waals surface area contributed by atoms with Crippen LogP contribution in [-0.4, -0.2) is 41.6 Å².